The highest BCUT2D eigenvalue weighted by molar-refractivity contribution is 5.04. The van der Waals surface area contributed by atoms with Gasteiger partial charge in [0.15, 0.2) is 0 Å². The number of ether oxygens (including phenoxy) is 1. The Kier molecular flexibility index (Phi) is 6.28. The number of hydrogen-bond donors (Lipinski definition) is 1. The molecule has 0 aliphatic carbocycles. The van der Waals surface area contributed by atoms with Gasteiger partial charge in [-0.25, -0.2) is 8.78 Å². The second kappa shape index (κ2) is 6.46. The van der Waals surface area contributed by atoms with Gasteiger partial charge in [0.05, 0.1) is 0 Å². The highest BCUT2D eigenvalue weighted by Gasteiger charge is 2.76. The van der Waals surface area contributed by atoms with Crippen LogP contribution in [0, 0.1) is 5.92 Å². The van der Waals surface area contributed by atoms with E-state index >= 15 is 0 Å². The number of rotatable bonds is 7. The van der Waals surface area contributed by atoms with Gasteiger partial charge in [0.2, 0.25) is 0 Å². The molecule has 20 heavy (non-hydrogen) atoms. The third kappa shape index (κ3) is 3.55. The van der Waals surface area contributed by atoms with Gasteiger partial charge in [0.25, 0.3) is 12.0 Å². The van der Waals surface area contributed by atoms with Gasteiger partial charge in [0.1, 0.15) is 6.10 Å². The minimum Gasteiger partial charge on any atom is -0.372 e. The monoisotopic (exact) mass is 314 g/mol. The molecule has 0 heterocycles. The first-order chi connectivity index (χ1) is 8.82. The second-order valence-corrected chi connectivity index (χ2v) is 4.68. The molecule has 0 fully saturated rings. The molecule has 0 aromatic rings. The second-order valence-electron chi connectivity index (χ2n) is 4.68. The predicted octanol–water partition coefficient (Wildman–Crippen LogP) is 3.63. The lowest BCUT2D eigenvalue weighted by Crippen LogP contribution is -2.67. The Morgan fingerprint density at radius 3 is 1.80 bits per heavy atom. The first-order valence-electron chi connectivity index (χ1n) is 5.88. The lowest BCUT2D eigenvalue weighted by Gasteiger charge is -2.39. The van der Waals surface area contributed by atoms with Gasteiger partial charge in [-0.15, -0.1) is 0 Å². The molecule has 0 bridgehead atoms. The van der Waals surface area contributed by atoms with Crippen molar-refractivity contribution in [1.82, 2.24) is 0 Å². The zero-order valence-corrected chi connectivity index (χ0v) is 11.1. The largest absolute Gasteiger partial charge is 0.429 e. The van der Waals surface area contributed by atoms with Gasteiger partial charge in [-0.05, 0) is 12.8 Å². The van der Waals surface area contributed by atoms with E-state index in [0.717, 1.165) is 0 Å². The van der Waals surface area contributed by atoms with Crippen molar-refractivity contribution in [2.75, 3.05) is 6.61 Å². The number of aliphatic hydroxyl groups is 1. The molecule has 0 rings (SSSR count). The van der Waals surface area contributed by atoms with Crippen LogP contribution in [-0.4, -0.2) is 41.9 Å². The van der Waals surface area contributed by atoms with E-state index in [2.05, 4.69) is 4.74 Å². The maximum atomic E-state index is 13.6. The van der Waals surface area contributed by atoms with Crippen LogP contribution in [-0.2, 0) is 4.74 Å². The van der Waals surface area contributed by atoms with E-state index in [1.807, 2.05) is 0 Å². The highest BCUT2D eigenvalue weighted by atomic mass is 19.4. The molecular weight excluding hydrogens is 297 g/mol. The van der Waals surface area contributed by atoms with Crippen LogP contribution >= 0.6 is 0 Å². The molecule has 0 aromatic carbocycles. The summed E-state index contributed by atoms with van der Waals surface area (Å²) in [7, 11) is 0. The van der Waals surface area contributed by atoms with Crippen LogP contribution in [0.5, 0.6) is 0 Å². The van der Waals surface area contributed by atoms with Crippen LogP contribution in [0.15, 0.2) is 0 Å². The normalized spacial score (nSPS) is 19.8. The van der Waals surface area contributed by atoms with Crippen LogP contribution in [0.1, 0.15) is 27.2 Å². The summed E-state index contributed by atoms with van der Waals surface area (Å²) in [5.41, 5.74) is -5.45. The minimum atomic E-state index is -6.20. The molecule has 122 valence electrons. The zero-order valence-electron chi connectivity index (χ0n) is 11.1. The predicted molar refractivity (Wildman–Crippen MR) is 56.8 cm³/mol. The smallest absolute Gasteiger partial charge is 0.372 e. The van der Waals surface area contributed by atoms with Crippen molar-refractivity contribution in [2.45, 2.75) is 57.4 Å². The highest BCUT2D eigenvalue weighted by Crippen LogP contribution is 2.48. The van der Waals surface area contributed by atoms with Crippen molar-refractivity contribution in [3.8, 4) is 0 Å². The average Bonchev–Trinajstić information content (AvgIpc) is 2.32. The van der Waals surface area contributed by atoms with Crippen molar-refractivity contribution < 1.29 is 40.6 Å². The van der Waals surface area contributed by atoms with Crippen molar-refractivity contribution in [2.24, 2.45) is 5.92 Å². The van der Waals surface area contributed by atoms with Crippen LogP contribution in [0.2, 0.25) is 0 Å². The first-order valence-corrected chi connectivity index (χ1v) is 5.88. The topological polar surface area (TPSA) is 29.5 Å². The van der Waals surface area contributed by atoms with Crippen LogP contribution in [0.3, 0.4) is 0 Å². The van der Waals surface area contributed by atoms with Crippen molar-refractivity contribution in [3.63, 3.8) is 0 Å². The molecule has 9 heteroatoms. The summed E-state index contributed by atoms with van der Waals surface area (Å²) in [4.78, 5) is 0. The van der Waals surface area contributed by atoms with Crippen LogP contribution in [0.4, 0.5) is 30.7 Å². The van der Waals surface area contributed by atoms with Crippen molar-refractivity contribution in [1.29, 1.82) is 0 Å². The summed E-state index contributed by atoms with van der Waals surface area (Å²) >= 11 is 0. The van der Waals surface area contributed by atoms with Crippen LogP contribution in [0.25, 0.3) is 0 Å². The number of hydrogen-bond acceptors (Lipinski definition) is 2. The summed E-state index contributed by atoms with van der Waals surface area (Å²) < 4.78 is 93.7. The van der Waals surface area contributed by atoms with Crippen molar-refractivity contribution in [3.05, 3.63) is 0 Å². The third-order valence-corrected chi connectivity index (χ3v) is 3.09. The SMILES string of the molecule is CCC(C)COC(C)C(F)(F)C(O)(C(F)F)C(F)(F)F. The summed E-state index contributed by atoms with van der Waals surface area (Å²) in [6.45, 7) is 3.47. The molecule has 2 nitrogen and oxygen atoms in total. The summed E-state index contributed by atoms with van der Waals surface area (Å²) in [5.74, 6) is -5.42. The Labute approximate surface area is 111 Å². The Hall–Kier alpha value is -0.570. The van der Waals surface area contributed by atoms with Gasteiger partial charge < -0.3 is 9.84 Å². The van der Waals surface area contributed by atoms with E-state index in [0.29, 0.717) is 13.3 Å². The van der Waals surface area contributed by atoms with E-state index in [9.17, 15) is 30.7 Å². The number of halogens is 7. The summed E-state index contributed by atoms with van der Waals surface area (Å²) in [5, 5.41) is 8.84. The molecule has 0 aliphatic heterocycles. The molecule has 1 N–H and O–H groups in total. The summed E-state index contributed by atoms with van der Waals surface area (Å²) in [6, 6.07) is 0. The van der Waals surface area contributed by atoms with E-state index in [4.69, 9.17) is 5.11 Å². The lowest BCUT2D eigenvalue weighted by molar-refractivity contribution is -0.381. The van der Waals surface area contributed by atoms with E-state index in [-0.39, 0.29) is 12.5 Å². The molecular formula is C11H17F7O2. The summed E-state index contributed by atoms with van der Waals surface area (Å²) in [6.07, 6.45) is -12.9. The molecule has 0 aromatic heterocycles. The zero-order chi connectivity index (χ0) is 16.4. The Morgan fingerprint density at radius 1 is 1.05 bits per heavy atom. The Morgan fingerprint density at radius 2 is 1.50 bits per heavy atom. The molecule has 0 saturated carbocycles. The molecule has 0 spiro atoms. The molecule has 3 unspecified atom stereocenters. The van der Waals surface area contributed by atoms with Gasteiger partial charge in [0, 0.05) is 6.61 Å². The lowest BCUT2D eigenvalue weighted by atomic mass is 9.91. The Bertz CT molecular complexity index is 306. The fourth-order valence-electron chi connectivity index (χ4n) is 1.30. The average molecular weight is 314 g/mol. The van der Waals surface area contributed by atoms with Gasteiger partial charge >= 0.3 is 12.1 Å². The van der Waals surface area contributed by atoms with Gasteiger partial charge in [-0.2, -0.15) is 22.0 Å². The molecule has 0 saturated heterocycles. The van der Waals surface area contributed by atoms with Gasteiger partial charge in [-0.1, -0.05) is 20.3 Å². The fourth-order valence-corrected chi connectivity index (χ4v) is 1.30. The van der Waals surface area contributed by atoms with Gasteiger partial charge in [-0.3, -0.25) is 0 Å². The van der Waals surface area contributed by atoms with E-state index in [1.165, 1.54) is 0 Å². The first kappa shape index (κ1) is 19.4. The standard InChI is InChI=1S/C11H17F7O2/c1-4-6(2)5-20-7(3)10(14,15)9(19,8(12)13)11(16,17)18/h6-8,19H,4-5H2,1-3H3. The minimum absolute atomic E-state index is 0.237. The maximum absolute atomic E-state index is 13.6. The fraction of sp³-hybridized carbons (Fsp3) is 1.00. The van der Waals surface area contributed by atoms with E-state index in [1.54, 1.807) is 13.8 Å². The van der Waals surface area contributed by atoms with Crippen LogP contribution < -0.4 is 0 Å². The molecule has 0 aliphatic rings. The Balaban J connectivity index is 5.24. The molecule has 0 radical (unpaired) electrons. The third-order valence-electron chi connectivity index (χ3n) is 3.09. The van der Waals surface area contributed by atoms with Crippen molar-refractivity contribution >= 4 is 0 Å². The quantitative estimate of drug-likeness (QED) is 0.727. The van der Waals surface area contributed by atoms with E-state index < -0.39 is 30.2 Å². The maximum Gasteiger partial charge on any atom is 0.429 e. The molecule has 0 amide bonds. The molecule has 3 atom stereocenters. The number of alkyl halides is 7.